The van der Waals surface area contributed by atoms with Gasteiger partial charge in [-0.1, -0.05) is 38.6 Å². The van der Waals surface area contributed by atoms with Gasteiger partial charge in [-0.25, -0.2) is 13.2 Å². The zero-order chi connectivity index (χ0) is 28.4. The maximum absolute atomic E-state index is 14.8. The van der Waals surface area contributed by atoms with Crippen LogP contribution in [0, 0.1) is 17.5 Å². The minimum Gasteiger partial charge on any atom is -0.496 e. The molecule has 1 saturated heterocycles. The largest absolute Gasteiger partial charge is 0.496 e. The Morgan fingerprint density at radius 3 is 2.41 bits per heavy atom. The predicted octanol–water partition coefficient (Wildman–Crippen LogP) is 5.49. The summed E-state index contributed by atoms with van der Waals surface area (Å²) >= 11 is 0. The fourth-order valence-electron chi connectivity index (χ4n) is 6.08. The second-order valence-electron chi connectivity index (χ2n) is 11.5. The number of hydrogen-bond donors (Lipinski definition) is 2. The van der Waals surface area contributed by atoms with Gasteiger partial charge in [-0.15, -0.1) is 0 Å². The third-order valence-electron chi connectivity index (χ3n) is 7.97. The number of carbonyl (C=O) groups is 1. The van der Waals surface area contributed by atoms with E-state index in [0.717, 1.165) is 37.8 Å². The van der Waals surface area contributed by atoms with E-state index in [-0.39, 0.29) is 28.8 Å². The predicted molar refractivity (Wildman–Crippen MR) is 145 cm³/mol. The lowest BCUT2D eigenvalue weighted by atomic mass is 9.69. The molecule has 1 aliphatic carbocycles. The standard InChI is InChI=1S/C31H37F3N2O3/c1-20(15-28(39-4)24-14-9-21(32)16-27(24)34)29(38)35-31(17-30(2,3)25-7-5-6-8-26(25)33)18-36(19-31)22-10-12-23(37)13-11-22/h5-9,14-16,22-23,37H,1,10-13,17-19H2,2-4H3,(H,35,38)/b28-15-. The molecular weight excluding hydrogens is 505 g/mol. The van der Waals surface area contributed by atoms with Crippen LogP contribution in [-0.2, 0) is 14.9 Å². The summed E-state index contributed by atoms with van der Waals surface area (Å²) < 4.78 is 47.8. The Balaban J connectivity index is 1.55. The molecule has 0 atom stereocenters. The van der Waals surface area contributed by atoms with Crippen LogP contribution in [0.4, 0.5) is 13.2 Å². The highest BCUT2D eigenvalue weighted by molar-refractivity contribution is 5.97. The van der Waals surface area contributed by atoms with Crippen molar-refractivity contribution >= 4 is 11.7 Å². The van der Waals surface area contributed by atoms with Gasteiger partial charge in [0, 0.05) is 30.8 Å². The molecule has 1 amide bonds. The van der Waals surface area contributed by atoms with Gasteiger partial charge in [0.25, 0.3) is 5.91 Å². The molecule has 0 unspecified atom stereocenters. The van der Waals surface area contributed by atoms with Gasteiger partial charge in [-0.2, -0.15) is 0 Å². The number of rotatable bonds is 9. The van der Waals surface area contributed by atoms with Crippen LogP contribution < -0.4 is 5.32 Å². The zero-order valence-corrected chi connectivity index (χ0v) is 22.8. The van der Waals surface area contributed by atoms with E-state index in [2.05, 4.69) is 16.8 Å². The summed E-state index contributed by atoms with van der Waals surface area (Å²) in [5.74, 6) is -2.23. The topological polar surface area (TPSA) is 61.8 Å². The molecule has 0 aromatic heterocycles. The Labute approximate surface area is 228 Å². The number of aliphatic hydroxyl groups is 1. The van der Waals surface area contributed by atoms with Gasteiger partial charge in [0.1, 0.15) is 23.2 Å². The van der Waals surface area contributed by atoms with Gasteiger partial charge in [0.15, 0.2) is 0 Å². The molecule has 0 radical (unpaired) electrons. The van der Waals surface area contributed by atoms with Crippen molar-refractivity contribution in [3.05, 3.63) is 89.3 Å². The first-order valence-corrected chi connectivity index (χ1v) is 13.3. The molecule has 2 aromatic rings. The number of aliphatic hydroxyl groups excluding tert-OH is 1. The average molecular weight is 543 g/mol. The van der Waals surface area contributed by atoms with E-state index in [9.17, 15) is 23.1 Å². The number of hydrogen-bond acceptors (Lipinski definition) is 4. The molecule has 39 heavy (non-hydrogen) atoms. The first kappa shape index (κ1) is 28.9. The van der Waals surface area contributed by atoms with Gasteiger partial charge in [0.2, 0.25) is 0 Å². The lowest BCUT2D eigenvalue weighted by Gasteiger charge is -2.56. The number of carbonyl (C=O) groups excluding carboxylic acids is 1. The van der Waals surface area contributed by atoms with Gasteiger partial charge in [-0.05, 0) is 67.4 Å². The number of nitrogens with zero attached hydrogens (tertiary/aromatic N) is 1. The number of benzene rings is 2. The van der Waals surface area contributed by atoms with E-state index < -0.39 is 28.5 Å². The van der Waals surface area contributed by atoms with Crippen molar-refractivity contribution in [2.24, 2.45) is 0 Å². The molecule has 1 saturated carbocycles. The second kappa shape index (κ2) is 11.6. The third kappa shape index (κ3) is 6.56. The monoisotopic (exact) mass is 542 g/mol. The summed E-state index contributed by atoms with van der Waals surface area (Å²) in [6.45, 7) is 8.97. The van der Waals surface area contributed by atoms with E-state index >= 15 is 0 Å². The molecular formula is C31H37F3N2O3. The van der Waals surface area contributed by atoms with Crippen LogP contribution in [-0.4, -0.2) is 53.8 Å². The summed E-state index contributed by atoms with van der Waals surface area (Å²) in [5.41, 5.74) is -0.593. The molecule has 2 N–H and O–H groups in total. The van der Waals surface area contributed by atoms with Crippen molar-refractivity contribution in [1.29, 1.82) is 0 Å². The van der Waals surface area contributed by atoms with Crippen LogP contribution >= 0.6 is 0 Å². The number of halogens is 3. The quantitative estimate of drug-likeness (QED) is 0.250. The molecule has 5 nitrogen and oxygen atoms in total. The number of likely N-dealkylation sites (tertiary alicyclic amines) is 1. The van der Waals surface area contributed by atoms with Crippen molar-refractivity contribution in [3.8, 4) is 0 Å². The smallest absolute Gasteiger partial charge is 0.251 e. The van der Waals surface area contributed by atoms with Gasteiger partial charge < -0.3 is 15.2 Å². The van der Waals surface area contributed by atoms with Crippen molar-refractivity contribution in [1.82, 2.24) is 10.2 Å². The fourth-order valence-corrected chi connectivity index (χ4v) is 6.08. The number of methoxy groups -OCH3 is 1. The third-order valence-corrected chi connectivity index (χ3v) is 7.97. The van der Waals surface area contributed by atoms with E-state index in [1.54, 1.807) is 18.2 Å². The van der Waals surface area contributed by atoms with Crippen molar-refractivity contribution < 1.29 is 27.8 Å². The molecule has 210 valence electrons. The normalized spacial score (nSPS) is 21.7. The SMILES string of the molecule is C=C(/C=C(\OC)c1ccc(F)cc1F)C(=O)NC1(CC(C)(C)c2ccccc2F)CN(C2CCC(O)CC2)C1. The highest BCUT2D eigenvalue weighted by Crippen LogP contribution is 2.40. The van der Waals surface area contributed by atoms with Gasteiger partial charge in [-0.3, -0.25) is 9.69 Å². The Morgan fingerprint density at radius 1 is 1.13 bits per heavy atom. The molecule has 2 aromatic carbocycles. The first-order chi connectivity index (χ1) is 18.4. The highest BCUT2D eigenvalue weighted by Gasteiger charge is 2.50. The van der Waals surface area contributed by atoms with Crippen LogP contribution in [0.15, 0.2) is 60.7 Å². The van der Waals surface area contributed by atoms with Gasteiger partial charge >= 0.3 is 0 Å². The molecule has 2 aliphatic rings. The number of ether oxygens (including phenoxy) is 1. The van der Waals surface area contributed by atoms with E-state index in [1.165, 1.54) is 25.3 Å². The highest BCUT2D eigenvalue weighted by atomic mass is 19.1. The van der Waals surface area contributed by atoms with Crippen molar-refractivity contribution in [2.45, 2.75) is 69.1 Å². The minimum atomic E-state index is -0.813. The van der Waals surface area contributed by atoms with Crippen LogP contribution in [0.1, 0.15) is 57.1 Å². The summed E-state index contributed by atoms with van der Waals surface area (Å²) in [4.78, 5) is 15.7. The lowest BCUT2D eigenvalue weighted by molar-refractivity contribution is -0.123. The molecule has 4 rings (SSSR count). The Kier molecular flexibility index (Phi) is 8.57. The van der Waals surface area contributed by atoms with Gasteiger partial charge in [0.05, 0.1) is 24.3 Å². The second-order valence-corrected chi connectivity index (χ2v) is 11.5. The summed E-state index contributed by atoms with van der Waals surface area (Å²) in [6, 6.07) is 10.1. The number of nitrogens with one attached hydrogen (secondary N) is 1. The summed E-state index contributed by atoms with van der Waals surface area (Å²) in [5, 5.41) is 13.1. The number of amides is 1. The molecule has 8 heteroatoms. The average Bonchev–Trinajstić information content (AvgIpc) is 2.86. The lowest BCUT2D eigenvalue weighted by Crippen LogP contribution is -2.73. The van der Waals surface area contributed by atoms with Crippen LogP contribution in [0.3, 0.4) is 0 Å². The van der Waals surface area contributed by atoms with Crippen LogP contribution in [0.5, 0.6) is 0 Å². The fraction of sp³-hybridized carbons (Fsp3) is 0.452. The Bertz CT molecular complexity index is 1250. The first-order valence-electron chi connectivity index (χ1n) is 13.3. The van der Waals surface area contributed by atoms with E-state index in [1.807, 2.05) is 13.8 Å². The molecule has 2 fully saturated rings. The van der Waals surface area contributed by atoms with Crippen LogP contribution in [0.2, 0.25) is 0 Å². The Hall–Kier alpha value is -3.10. The Morgan fingerprint density at radius 2 is 1.79 bits per heavy atom. The molecule has 0 bridgehead atoms. The van der Waals surface area contributed by atoms with E-state index in [4.69, 9.17) is 4.74 Å². The minimum absolute atomic E-state index is 0.0116. The van der Waals surface area contributed by atoms with E-state index in [0.29, 0.717) is 31.1 Å². The van der Waals surface area contributed by atoms with Crippen molar-refractivity contribution in [3.63, 3.8) is 0 Å². The van der Waals surface area contributed by atoms with Crippen molar-refractivity contribution in [2.75, 3.05) is 20.2 Å². The molecule has 0 spiro atoms. The molecule has 1 aliphatic heterocycles. The van der Waals surface area contributed by atoms with Crippen LogP contribution in [0.25, 0.3) is 5.76 Å². The molecule has 1 heterocycles. The summed E-state index contributed by atoms with van der Waals surface area (Å²) in [6.07, 6.45) is 4.84. The summed E-state index contributed by atoms with van der Waals surface area (Å²) in [7, 11) is 1.34. The maximum Gasteiger partial charge on any atom is 0.251 e. The maximum atomic E-state index is 14.8. The zero-order valence-electron chi connectivity index (χ0n) is 22.8.